The van der Waals surface area contributed by atoms with E-state index in [0.717, 1.165) is 30.5 Å². The number of fused-ring (bicyclic) bond motifs is 1. The van der Waals surface area contributed by atoms with Crippen LogP contribution in [0.3, 0.4) is 0 Å². The number of hydrogen-bond donors (Lipinski definition) is 2. The van der Waals surface area contributed by atoms with Crippen molar-refractivity contribution in [1.82, 2.24) is 15.3 Å². The van der Waals surface area contributed by atoms with Gasteiger partial charge in [-0.2, -0.15) is 0 Å². The van der Waals surface area contributed by atoms with Gasteiger partial charge in [-0.1, -0.05) is 0 Å². The van der Waals surface area contributed by atoms with Crippen LogP contribution in [0.4, 0.5) is 5.82 Å². The minimum atomic E-state index is -0.232. The molecule has 0 unspecified atom stereocenters. The first kappa shape index (κ1) is 14.1. The highest BCUT2D eigenvalue weighted by molar-refractivity contribution is 6.28. The molecule has 0 saturated heterocycles. The van der Waals surface area contributed by atoms with Crippen molar-refractivity contribution in [1.29, 1.82) is 0 Å². The number of aryl methyl sites for hydroxylation is 1. The molecule has 0 radical (unpaired) electrons. The quantitative estimate of drug-likeness (QED) is 0.832. The largest absolute Gasteiger partial charge is 0.361 e. The molecule has 2 N–H and O–H groups in total. The standard InChI is InChI=1S/C13H19ClN4O/c1-13(2,3)18-10(19)7-15-11-8-5-4-6-9(8)16-12(14)17-11/h4-7H2,1-3H3,(H,18,19)(H,15,16,17). The monoisotopic (exact) mass is 282 g/mol. The van der Waals surface area contributed by atoms with Crippen LogP contribution in [0.1, 0.15) is 38.4 Å². The minimum Gasteiger partial charge on any atom is -0.361 e. The van der Waals surface area contributed by atoms with Crippen LogP contribution < -0.4 is 10.6 Å². The maximum atomic E-state index is 11.8. The van der Waals surface area contributed by atoms with Gasteiger partial charge in [0.1, 0.15) is 5.82 Å². The first-order chi connectivity index (χ1) is 8.85. The topological polar surface area (TPSA) is 66.9 Å². The Morgan fingerprint density at radius 2 is 2.05 bits per heavy atom. The lowest BCUT2D eigenvalue weighted by molar-refractivity contribution is -0.120. The number of amides is 1. The second kappa shape index (κ2) is 5.33. The van der Waals surface area contributed by atoms with Gasteiger partial charge in [0.05, 0.1) is 12.2 Å². The Morgan fingerprint density at radius 1 is 1.32 bits per heavy atom. The van der Waals surface area contributed by atoms with Crippen LogP contribution in [0.25, 0.3) is 0 Å². The van der Waals surface area contributed by atoms with E-state index in [1.54, 1.807) is 0 Å². The Bertz CT molecular complexity index is 496. The molecule has 0 aliphatic heterocycles. The molecule has 5 nitrogen and oxygen atoms in total. The molecule has 0 spiro atoms. The van der Waals surface area contributed by atoms with Crippen LogP contribution >= 0.6 is 11.6 Å². The van der Waals surface area contributed by atoms with Gasteiger partial charge in [-0.3, -0.25) is 4.79 Å². The number of nitrogens with one attached hydrogen (secondary N) is 2. The van der Waals surface area contributed by atoms with Gasteiger partial charge < -0.3 is 10.6 Å². The fourth-order valence-electron chi connectivity index (χ4n) is 2.18. The molecule has 0 aromatic carbocycles. The number of carbonyl (C=O) groups excluding carboxylic acids is 1. The van der Waals surface area contributed by atoms with Gasteiger partial charge in [-0.25, -0.2) is 9.97 Å². The Labute approximate surface area is 118 Å². The average molecular weight is 283 g/mol. The first-order valence-electron chi connectivity index (χ1n) is 6.45. The number of rotatable bonds is 3. The van der Waals surface area contributed by atoms with Gasteiger partial charge >= 0.3 is 0 Å². The van der Waals surface area contributed by atoms with E-state index in [0.29, 0.717) is 5.82 Å². The minimum absolute atomic E-state index is 0.0611. The van der Waals surface area contributed by atoms with Crippen LogP contribution in [0, 0.1) is 0 Å². The zero-order chi connectivity index (χ0) is 14.0. The molecule has 0 atom stereocenters. The molecule has 104 valence electrons. The summed E-state index contributed by atoms with van der Waals surface area (Å²) in [7, 11) is 0. The van der Waals surface area contributed by atoms with Crippen LogP contribution in [-0.2, 0) is 17.6 Å². The fourth-order valence-corrected chi connectivity index (χ4v) is 2.36. The van der Waals surface area contributed by atoms with Crippen molar-refractivity contribution < 1.29 is 4.79 Å². The molecular formula is C13H19ClN4O. The molecule has 19 heavy (non-hydrogen) atoms. The SMILES string of the molecule is CC(C)(C)NC(=O)CNc1nc(Cl)nc2c1CCC2. The summed E-state index contributed by atoms with van der Waals surface area (Å²) in [5.41, 5.74) is 1.86. The van der Waals surface area contributed by atoms with Gasteiger partial charge in [0.15, 0.2) is 0 Å². The Hall–Kier alpha value is -1.36. The lowest BCUT2D eigenvalue weighted by atomic mass is 10.1. The second-order valence-electron chi connectivity index (χ2n) is 5.77. The average Bonchev–Trinajstić information content (AvgIpc) is 2.71. The summed E-state index contributed by atoms with van der Waals surface area (Å²) in [5.74, 6) is 0.630. The Balaban J connectivity index is 2.02. The van der Waals surface area contributed by atoms with E-state index in [1.807, 2.05) is 20.8 Å². The lowest BCUT2D eigenvalue weighted by Gasteiger charge is -2.21. The zero-order valence-corrected chi connectivity index (χ0v) is 12.3. The van der Waals surface area contributed by atoms with Gasteiger partial charge in [0.2, 0.25) is 11.2 Å². The molecule has 0 saturated carbocycles. The van der Waals surface area contributed by atoms with Crippen molar-refractivity contribution >= 4 is 23.3 Å². The predicted octanol–water partition coefficient (Wildman–Crippen LogP) is 1.95. The van der Waals surface area contributed by atoms with E-state index in [2.05, 4.69) is 20.6 Å². The van der Waals surface area contributed by atoms with Crippen molar-refractivity contribution in [2.45, 2.75) is 45.6 Å². The molecule has 1 heterocycles. The molecule has 0 bridgehead atoms. The third-order valence-corrected chi connectivity index (χ3v) is 3.01. The van der Waals surface area contributed by atoms with Crippen LogP contribution in [0.15, 0.2) is 0 Å². The normalized spacial score (nSPS) is 14.1. The fraction of sp³-hybridized carbons (Fsp3) is 0.615. The summed E-state index contributed by atoms with van der Waals surface area (Å²) < 4.78 is 0. The van der Waals surface area contributed by atoms with E-state index in [9.17, 15) is 4.79 Å². The Morgan fingerprint density at radius 3 is 2.74 bits per heavy atom. The molecule has 1 aliphatic rings. The van der Waals surface area contributed by atoms with Crippen LogP contribution in [-0.4, -0.2) is 28.0 Å². The van der Waals surface area contributed by atoms with Gasteiger partial charge in [0.25, 0.3) is 0 Å². The summed E-state index contributed by atoms with van der Waals surface area (Å²) in [6.07, 6.45) is 2.93. The Kier molecular flexibility index (Phi) is 3.94. The molecular weight excluding hydrogens is 264 g/mol. The molecule has 1 aromatic heterocycles. The van der Waals surface area contributed by atoms with Gasteiger partial charge in [-0.05, 0) is 51.6 Å². The number of aromatic nitrogens is 2. The van der Waals surface area contributed by atoms with E-state index in [-0.39, 0.29) is 23.3 Å². The highest BCUT2D eigenvalue weighted by Crippen LogP contribution is 2.27. The van der Waals surface area contributed by atoms with E-state index >= 15 is 0 Å². The summed E-state index contributed by atoms with van der Waals surface area (Å²) in [6, 6.07) is 0. The summed E-state index contributed by atoms with van der Waals surface area (Å²) >= 11 is 5.89. The summed E-state index contributed by atoms with van der Waals surface area (Å²) in [4.78, 5) is 20.2. The molecule has 1 amide bonds. The third-order valence-electron chi connectivity index (χ3n) is 2.84. The number of anilines is 1. The van der Waals surface area contributed by atoms with Crippen molar-refractivity contribution in [3.8, 4) is 0 Å². The zero-order valence-electron chi connectivity index (χ0n) is 11.5. The van der Waals surface area contributed by atoms with Crippen molar-refractivity contribution in [3.63, 3.8) is 0 Å². The van der Waals surface area contributed by atoms with Crippen LogP contribution in [0.5, 0.6) is 0 Å². The van der Waals surface area contributed by atoms with Gasteiger partial charge in [0, 0.05) is 11.1 Å². The number of carbonyl (C=O) groups is 1. The lowest BCUT2D eigenvalue weighted by Crippen LogP contribution is -2.43. The number of nitrogens with zero attached hydrogens (tertiary/aromatic N) is 2. The van der Waals surface area contributed by atoms with E-state index < -0.39 is 0 Å². The maximum Gasteiger partial charge on any atom is 0.239 e. The summed E-state index contributed by atoms with van der Waals surface area (Å²) in [5, 5.41) is 6.19. The van der Waals surface area contributed by atoms with E-state index in [4.69, 9.17) is 11.6 Å². The van der Waals surface area contributed by atoms with Crippen molar-refractivity contribution in [3.05, 3.63) is 16.5 Å². The van der Waals surface area contributed by atoms with Crippen molar-refractivity contribution in [2.24, 2.45) is 0 Å². The smallest absolute Gasteiger partial charge is 0.239 e. The molecule has 0 fully saturated rings. The number of halogens is 1. The van der Waals surface area contributed by atoms with E-state index in [1.165, 1.54) is 0 Å². The maximum absolute atomic E-state index is 11.8. The number of hydrogen-bond acceptors (Lipinski definition) is 4. The first-order valence-corrected chi connectivity index (χ1v) is 6.83. The highest BCUT2D eigenvalue weighted by Gasteiger charge is 2.20. The second-order valence-corrected chi connectivity index (χ2v) is 6.11. The predicted molar refractivity (Wildman–Crippen MR) is 75.5 cm³/mol. The third kappa shape index (κ3) is 3.80. The van der Waals surface area contributed by atoms with Crippen LogP contribution in [0.2, 0.25) is 5.28 Å². The molecule has 1 aromatic rings. The highest BCUT2D eigenvalue weighted by atomic mass is 35.5. The molecule has 2 rings (SSSR count). The summed E-state index contributed by atoms with van der Waals surface area (Å²) in [6.45, 7) is 6.04. The molecule has 1 aliphatic carbocycles. The van der Waals surface area contributed by atoms with Gasteiger partial charge in [-0.15, -0.1) is 0 Å². The van der Waals surface area contributed by atoms with Crippen molar-refractivity contribution in [2.75, 3.05) is 11.9 Å². The molecule has 6 heteroatoms.